The average Bonchev–Trinajstić information content (AvgIpc) is 3.47. The van der Waals surface area contributed by atoms with Gasteiger partial charge in [0.1, 0.15) is 11.5 Å². The van der Waals surface area contributed by atoms with Crippen LogP contribution in [0.25, 0.3) is 0 Å². The van der Waals surface area contributed by atoms with Crippen LogP contribution in [0.5, 0.6) is 11.5 Å². The molecule has 0 spiro atoms. The van der Waals surface area contributed by atoms with Crippen LogP contribution in [0.1, 0.15) is 333 Å². The molecule has 0 N–H and O–H groups in total. The van der Waals surface area contributed by atoms with Crippen LogP contribution in [0.4, 0.5) is 0 Å². The lowest BCUT2D eigenvalue weighted by atomic mass is 9.60. The molecule has 2 unspecified atom stereocenters. The molecule has 440 valence electrons. The third-order valence-corrected chi connectivity index (χ3v) is 21.5. The highest BCUT2D eigenvalue weighted by atomic mass is 31.2. The standard InChI is InChI=1S/C69H118O6P2/c1-5-7-9-11-13-15-17-19-21-23-25-27-39-57-70-76(74-67-47-37-35-45-65(67)59-41-31-29-32-42-59)72-63-53-49-61(50-54-63)69(3,4)62-51-55-64(56-52-62)73-77(75-68-48-38-36-46-66(68)60-43-33-30-34-44-60)71-58-40-28-26-24-22-20-18-16-14-12-10-8-6-2/h35-38,45-48,59-64H,5-34,39-44,49-58H2,1-4H3. The average molecular weight is 1110 g/mol. The van der Waals surface area contributed by atoms with Crippen molar-refractivity contribution in [2.75, 3.05) is 13.2 Å². The van der Waals surface area contributed by atoms with Gasteiger partial charge in [0, 0.05) is 0 Å². The molecule has 0 heterocycles. The van der Waals surface area contributed by atoms with Crippen molar-refractivity contribution in [3.05, 3.63) is 59.7 Å². The predicted molar refractivity (Wildman–Crippen MR) is 330 cm³/mol. The SMILES string of the molecule is CCCCCCCCCCCCCCCOP(Oc1ccccc1C1CCCCC1)OC1CCC(C(C)(C)C2CCC(OP(OCCCCCCCCCCCCCCC)Oc3ccccc3C3CCCCC3)CC2)CC1. The summed E-state index contributed by atoms with van der Waals surface area (Å²) < 4.78 is 40.9. The van der Waals surface area contributed by atoms with Gasteiger partial charge < -0.3 is 18.1 Å². The summed E-state index contributed by atoms with van der Waals surface area (Å²) >= 11 is 0. The second-order valence-corrected chi connectivity index (χ2v) is 27.7. The molecule has 0 aliphatic heterocycles. The molecule has 4 aliphatic rings. The lowest BCUT2D eigenvalue weighted by Gasteiger charge is -2.46. The van der Waals surface area contributed by atoms with E-state index >= 15 is 0 Å². The van der Waals surface area contributed by atoms with E-state index in [2.05, 4.69) is 76.2 Å². The van der Waals surface area contributed by atoms with Crippen molar-refractivity contribution < 1.29 is 27.1 Å². The summed E-state index contributed by atoms with van der Waals surface area (Å²) in [5.74, 6) is 4.53. The zero-order valence-corrected chi connectivity index (χ0v) is 52.2. The van der Waals surface area contributed by atoms with Gasteiger partial charge in [-0.3, -0.25) is 9.05 Å². The molecule has 6 rings (SSSR count). The van der Waals surface area contributed by atoms with Crippen molar-refractivity contribution in [2.45, 2.75) is 334 Å². The van der Waals surface area contributed by atoms with Gasteiger partial charge in [0.05, 0.1) is 25.4 Å². The number of unbranched alkanes of at least 4 members (excludes halogenated alkanes) is 24. The molecule has 0 bridgehead atoms. The van der Waals surface area contributed by atoms with Crippen molar-refractivity contribution in [3.8, 4) is 11.5 Å². The van der Waals surface area contributed by atoms with Gasteiger partial charge in [-0.15, -0.1) is 0 Å². The number of hydrogen-bond acceptors (Lipinski definition) is 6. The van der Waals surface area contributed by atoms with E-state index < -0.39 is 17.2 Å². The fourth-order valence-corrected chi connectivity index (χ4v) is 16.3. The summed E-state index contributed by atoms with van der Waals surface area (Å²) in [6.07, 6.45) is 57.7. The van der Waals surface area contributed by atoms with E-state index in [1.807, 2.05) is 0 Å². The minimum Gasteiger partial charge on any atom is -0.426 e. The van der Waals surface area contributed by atoms with E-state index in [1.165, 1.54) is 255 Å². The monoisotopic (exact) mass is 1100 g/mol. The molecule has 2 atom stereocenters. The molecule has 0 radical (unpaired) electrons. The molecule has 77 heavy (non-hydrogen) atoms. The Bertz CT molecular complexity index is 1610. The van der Waals surface area contributed by atoms with Crippen LogP contribution < -0.4 is 9.05 Å². The Hall–Kier alpha value is -1.26. The number of benzene rings is 2. The molecular weight excluding hydrogens is 987 g/mol. The second-order valence-electron chi connectivity index (χ2n) is 25.5. The van der Waals surface area contributed by atoms with E-state index in [0.717, 1.165) is 63.2 Å². The Labute approximate surface area is 477 Å². The van der Waals surface area contributed by atoms with Gasteiger partial charge in [0.15, 0.2) is 0 Å². The zero-order valence-electron chi connectivity index (χ0n) is 50.5. The number of para-hydroxylation sites is 2. The molecule has 8 heteroatoms. The third-order valence-electron chi connectivity index (χ3n) is 19.1. The van der Waals surface area contributed by atoms with E-state index in [0.29, 0.717) is 23.7 Å². The van der Waals surface area contributed by atoms with Gasteiger partial charge in [-0.2, -0.15) is 0 Å². The minimum absolute atomic E-state index is 0.188. The van der Waals surface area contributed by atoms with Crippen molar-refractivity contribution in [1.82, 2.24) is 0 Å². The maximum absolute atomic E-state index is 6.96. The van der Waals surface area contributed by atoms with Crippen LogP contribution in [0.3, 0.4) is 0 Å². The van der Waals surface area contributed by atoms with Crippen molar-refractivity contribution >= 4 is 17.2 Å². The molecule has 4 aliphatic carbocycles. The normalized spacial score (nSPS) is 21.8. The molecule has 2 aromatic rings. The summed E-state index contributed by atoms with van der Waals surface area (Å²) in [6.45, 7) is 11.2. The molecular formula is C69H118O6P2. The van der Waals surface area contributed by atoms with Crippen LogP contribution in [0.2, 0.25) is 0 Å². The van der Waals surface area contributed by atoms with Gasteiger partial charge in [-0.1, -0.05) is 257 Å². The summed E-state index contributed by atoms with van der Waals surface area (Å²) in [5.41, 5.74) is 2.99. The number of rotatable bonds is 42. The minimum atomic E-state index is -1.47. The summed E-state index contributed by atoms with van der Waals surface area (Å²) in [6, 6.07) is 17.6. The summed E-state index contributed by atoms with van der Waals surface area (Å²) in [4.78, 5) is 0. The van der Waals surface area contributed by atoms with E-state index in [-0.39, 0.29) is 17.6 Å². The first-order valence-electron chi connectivity index (χ1n) is 33.7. The maximum atomic E-state index is 6.96. The highest BCUT2D eigenvalue weighted by Gasteiger charge is 2.42. The summed E-state index contributed by atoms with van der Waals surface area (Å²) in [5, 5.41) is 0. The topological polar surface area (TPSA) is 55.4 Å². The first-order chi connectivity index (χ1) is 37.9. The second kappa shape index (κ2) is 40.0. The van der Waals surface area contributed by atoms with Crippen LogP contribution in [0.15, 0.2) is 48.5 Å². The Kier molecular flexibility index (Phi) is 33.8. The zero-order chi connectivity index (χ0) is 53.9. The first kappa shape index (κ1) is 64.9. The van der Waals surface area contributed by atoms with E-state index in [4.69, 9.17) is 27.1 Å². The fraction of sp³-hybridized carbons (Fsp3) is 0.826. The molecule has 0 amide bonds. The molecule has 0 saturated heterocycles. The van der Waals surface area contributed by atoms with Crippen LogP contribution in [0, 0.1) is 17.3 Å². The Balaban J connectivity index is 0.942. The fourth-order valence-electron chi connectivity index (χ4n) is 13.9. The van der Waals surface area contributed by atoms with Gasteiger partial charge >= 0.3 is 17.2 Å². The van der Waals surface area contributed by atoms with Crippen LogP contribution in [-0.2, 0) is 18.1 Å². The highest BCUT2D eigenvalue weighted by molar-refractivity contribution is 7.42. The Morgan fingerprint density at radius 1 is 0.364 bits per heavy atom. The molecule has 0 aromatic heterocycles. The van der Waals surface area contributed by atoms with Crippen LogP contribution in [-0.4, -0.2) is 25.4 Å². The van der Waals surface area contributed by atoms with Gasteiger partial charge in [0.25, 0.3) is 0 Å². The largest absolute Gasteiger partial charge is 0.426 e. The smallest absolute Gasteiger partial charge is 0.397 e. The summed E-state index contributed by atoms with van der Waals surface area (Å²) in [7, 11) is -2.95. The van der Waals surface area contributed by atoms with Gasteiger partial charge in [-0.25, -0.2) is 0 Å². The molecule has 2 aromatic carbocycles. The Morgan fingerprint density at radius 3 is 0.987 bits per heavy atom. The molecule has 4 saturated carbocycles. The van der Waals surface area contributed by atoms with Crippen LogP contribution >= 0.6 is 17.2 Å². The maximum Gasteiger partial charge on any atom is 0.397 e. The Morgan fingerprint density at radius 2 is 0.662 bits per heavy atom. The lowest BCUT2D eigenvalue weighted by molar-refractivity contribution is 0.00597. The third kappa shape index (κ3) is 25.4. The first-order valence-corrected chi connectivity index (χ1v) is 35.9. The lowest BCUT2D eigenvalue weighted by Crippen LogP contribution is -2.39. The van der Waals surface area contributed by atoms with Crippen molar-refractivity contribution in [3.63, 3.8) is 0 Å². The highest BCUT2D eigenvalue weighted by Crippen LogP contribution is 2.54. The van der Waals surface area contributed by atoms with Crippen molar-refractivity contribution in [1.29, 1.82) is 0 Å². The molecule has 6 nitrogen and oxygen atoms in total. The van der Waals surface area contributed by atoms with E-state index in [1.54, 1.807) is 0 Å². The number of hydrogen-bond donors (Lipinski definition) is 0. The quantitative estimate of drug-likeness (QED) is 0.0488. The van der Waals surface area contributed by atoms with Crippen molar-refractivity contribution in [2.24, 2.45) is 17.3 Å². The van der Waals surface area contributed by atoms with E-state index in [9.17, 15) is 0 Å². The predicted octanol–water partition coefficient (Wildman–Crippen LogP) is 24.1. The van der Waals surface area contributed by atoms with Gasteiger partial charge in [-0.05, 0) is 142 Å². The van der Waals surface area contributed by atoms with Gasteiger partial charge in [0.2, 0.25) is 0 Å². The molecule has 4 fully saturated rings.